The number of hydrogen-bond donors (Lipinski definition) is 1. The molecule has 0 spiro atoms. The number of nitrogens with zero attached hydrogens (tertiary/aromatic N) is 1. The average molecular weight is 260 g/mol. The van der Waals surface area contributed by atoms with Gasteiger partial charge in [0.25, 0.3) is 0 Å². The largest absolute Gasteiger partial charge is 0.316 e. The van der Waals surface area contributed by atoms with E-state index in [1.165, 1.54) is 19.3 Å². The monoisotopic (exact) mass is 260 g/mol. The second kappa shape index (κ2) is 5.67. The summed E-state index contributed by atoms with van der Waals surface area (Å²) in [5, 5.41) is 3.23. The Kier molecular flexibility index (Phi) is 4.44. The van der Waals surface area contributed by atoms with Gasteiger partial charge < -0.3 is 5.32 Å². The van der Waals surface area contributed by atoms with E-state index in [1.54, 1.807) is 11.4 Å². The fourth-order valence-electron chi connectivity index (χ4n) is 2.94. The zero-order valence-corrected chi connectivity index (χ0v) is 11.5. The lowest BCUT2D eigenvalue weighted by Gasteiger charge is -2.31. The van der Waals surface area contributed by atoms with Crippen molar-refractivity contribution in [2.24, 2.45) is 5.92 Å². The summed E-state index contributed by atoms with van der Waals surface area (Å²) in [5.74, 6) is 0.638. The van der Waals surface area contributed by atoms with Crippen LogP contribution in [0.2, 0.25) is 0 Å². The van der Waals surface area contributed by atoms with E-state index in [4.69, 9.17) is 0 Å². The molecule has 0 aromatic heterocycles. The molecule has 1 saturated carbocycles. The van der Waals surface area contributed by atoms with Crippen LogP contribution in [0.3, 0.4) is 0 Å². The normalized spacial score (nSPS) is 27.8. The van der Waals surface area contributed by atoms with Gasteiger partial charge in [-0.25, -0.2) is 12.7 Å². The Morgan fingerprint density at radius 3 is 2.47 bits per heavy atom. The molecule has 1 heterocycles. The summed E-state index contributed by atoms with van der Waals surface area (Å²) in [7, 11) is -1.28. The van der Waals surface area contributed by atoms with E-state index >= 15 is 0 Å². The summed E-state index contributed by atoms with van der Waals surface area (Å²) in [5.41, 5.74) is 0. The van der Waals surface area contributed by atoms with Gasteiger partial charge in [0.15, 0.2) is 0 Å². The molecule has 1 N–H and O–H groups in total. The van der Waals surface area contributed by atoms with Crippen LogP contribution in [0.15, 0.2) is 0 Å². The minimum absolute atomic E-state index is 0.253. The molecule has 5 heteroatoms. The molecule has 17 heavy (non-hydrogen) atoms. The maximum absolute atomic E-state index is 12.3. The Balaban J connectivity index is 1.93. The van der Waals surface area contributed by atoms with Crippen molar-refractivity contribution in [2.45, 2.75) is 44.6 Å². The quantitative estimate of drug-likeness (QED) is 0.826. The predicted molar refractivity (Wildman–Crippen MR) is 69.4 cm³/mol. The number of sulfonamides is 1. The van der Waals surface area contributed by atoms with Gasteiger partial charge in [-0.3, -0.25) is 0 Å². The van der Waals surface area contributed by atoms with Crippen LogP contribution in [0, 0.1) is 5.92 Å². The first-order valence-corrected chi connectivity index (χ1v) is 8.37. The van der Waals surface area contributed by atoms with E-state index < -0.39 is 10.0 Å². The van der Waals surface area contributed by atoms with Gasteiger partial charge in [-0.15, -0.1) is 0 Å². The number of rotatable bonds is 4. The second-order valence-corrected chi connectivity index (χ2v) is 7.52. The second-order valence-electron chi connectivity index (χ2n) is 5.45. The fraction of sp³-hybridized carbons (Fsp3) is 1.00. The molecule has 0 radical (unpaired) electrons. The number of nitrogens with one attached hydrogen (secondary N) is 1. The smallest absolute Gasteiger partial charge is 0.214 e. The first kappa shape index (κ1) is 13.3. The first-order valence-electron chi connectivity index (χ1n) is 6.76. The fourth-order valence-corrected chi connectivity index (χ4v) is 4.72. The Labute approximate surface area is 105 Å². The molecular formula is C12H24N2O2S. The summed E-state index contributed by atoms with van der Waals surface area (Å²) in [6.07, 6.45) is 6.69. The molecule has 0 aromatic carbocycles. The van der Waals surface area contributed by atoms with Crippen LogP contribution in [0.1, 0.15) is 38.5 Å². The zero-order valence-electron chi connectivity index (χ0n) is 10.7. The van der Waals surface area contributed by atoms with Crippen LogP contribution in [0.4, 0.5) is 0 Å². The number of hydrogen-bond acceptors (Lipinski definition) is 3. The van der Waals surface area contributed by atoms with E-state index in [2.05, 4.69) is 5.32 Å². The van der Waals surface area contributed by atoms with Crippen LogP contribution in [0.5, 0.6) is 0 Å². The van der Waals surface area contributed by atoms with Crippen molar-refractivity contribution in [3.05, 3.63) is 0 Å². The van der Waals surface area contributed by atoms with Gasteiger partial charge in [-0.2, -0.15) is 0 Å². The Morgan fingerprint density at radius 1 is 1.18 bits per heavy atom. The van der Waals surface area contributed by atoms with Gasteiger partial charge >= 0.3 is 0 Å². The van der Waals surface area contributed by atoms with Gasteiger partial charge in [0, 0.05) is 13.1 Å². The van der Waals surface area contributed by atoms with Crippen LogP contribution < -0.4 is 5.32 Å². The average Bonchev–Trinajstić information content (AvgIpc) is 2.81. The molecule has 0 amide bonds. The summed E-state index contributed by atoms with van der Waals surface area (Å²) < 4.78 is 26.2. The lowest BCUT2D eigenvalue weighted by molar-refractivity contribution is 0.284. The van der Waals surface area contributed by atoms with Crippen molar-refractivity contribution >= 4 is 10.0 Å². The Morgan fingerprint density at radius 2 is 1.88 bits per heavy atom. The van der Waals surface area contributed by atoms with E-state index in [0.29, 0.717) is 11.7 Å². The molecule has 1 aliphatic heterocycles. The van der Waals surface area contributed by atoms with Crippen LogP contribution in [-0.2, 0) is 10.0 Å². The van der Waals surface area contributed by atoms with Crippen molar-refractivity contribution in [2.75, 3.05) is 25.9 Å². The van der Waals surface area contributed by atoms with Crippen LogP contribution in [0.25, 0.3) is 0 Å². The molecule has 4 nitrogen and oxygen atoms in total. The van der Waals surface area contributed by atoms with Crippen molar-refractivity contribution in [3.8, 4) is 0 Å². The molecule has 1 unspecified atom stereocenters. The minimum Gasteiger partial charge on any atom is -0.316 e. The standard InChI is InChI=1S/C12H24N2O2S/c1-14(12-5-3-2-4-6-12)17(15,16)10-11-7-8-13-9-11/h11-13H,2-10H2,1H3. The van der Waals surface area contributed by atoms with Gasteiger partial charge in [0.2, 0.25) is 10.0 Å². The highest BCUT2D eigenvalue weighted by Gasteiger charge is 2.30. The summed E-state index contributed by atoms with van der Waals surface area (Å²) in [4.78, 5) is 0. The molecule has 2 rings (SSSR count). The molecule has 1 atom stereocenters. The summed E-state index contributed by atoms with van der Waals surface area (Å²) in [6.45, 7) is 1.82. The molecule has 2 aliphatic rings. The predicted octanol–water partition coefficient (Wildman–Crippen LogP) is 1.19. The minimum atomic E-state index is -3.05. The zero-order chi connectivity index (χ0) is 12.3. The molecule has 1 saturated heterocycles. The van der Waals surface area contributed by atoms with E-state index in [9.17, 15) is 8.42 Å². The highest BCUT2D eigenvalue weighted by Crippen LogP contribution is 2.24. The van der Waals surface area contributed by atoms with Gasteiger partial charge in [-0.1, -0.05) is 19.3 Å². The van der Waals surface area contributed by atoms with Gasteiger partial charge in [0.1, 0.15) is 0 Å². The maximum Gasteiger partial charge on any atom is 0.214 e. The first-order chi connectivity index (χ1) is 8.09. The third kappa shape index (κ3) is 3.42. The maximum atomic E-state index is 12.3. The third-order valence-electron chi connectivity index (χ3n) is 4.14. The highest BCUT2D eigenvalue weighted by atomic mass is 32.2. The molecule has 100 valence electrons. The van der Waals surface area contributed by atoms with Crippen LogP contribution >= 0.6 is 0 Å². The Bertz CT molecular complexity index is 330. The van der Waals surface area contributed by atoms with E-state index in [-0.39, 0.29) is 6.04 Å². The molecule has 0 aromatic rings. The van der Waals surface area contributed by atoms with Crippen molar-refractivity contribution in [1.82, 2.24) is 9.62 Å². The molecule has 1 aliphatic carbocycles. The molecule has 2 fully saturated rings. The van der Waals surface area contributed by atoms with Gasteiger partial charge in [0.05, 0.1) is 5.75 Å². The van der Waals surface area contributed by atoms with Crippen LogP contribution in [-0.4, -0.2) is 44.7 Å². The van der Waals surface area contributed by atoms with Crippen molar-refractivity contribution in [1.29, 1.82) is 0 Å². The highest BCUT2D eigenvalue weighted by molar-refractivity contribution is 7.89. The lowest BCUT2D eigenvalue weighted by atomic mass is 9.96. The third-order valence-corrected chi connectivity index (χ3v) is 6.20. The Hall–Kier alpha value is -0.130. The molecule has 0 bridgehead atoms. The van der Waals surface area contributed by atoms with Gasteiger partial charge in [-0.05, 0) is 38.3 Å². The SMILES string of the molecule is CN(C1CCCCC1)S(=O)(=O)CC1CCNC1. The lowest BCUT2D eigenvalue weighted by Crippen LogP contribution is -2.41. The van der Waals surface area contributed by atoms with E-state index in [1.807, 2.05) is 0 Å². The molecular weight excluding hydrogens is 236 g/mol. The van der Waals surface area contributed by atoms with Crippen molar-refractivity contribution < 1.29 is 8.42 Å². The van der Waals surface area contributed by atoms with E-state index in [0.717, 1.165) is 32.4 Å². The summed E-state index contributed by atoms with van der Waals surface area (Å²) in [6, 6.07) is 0.253. The topological polar surface area (TPSA) is 49.4 Å². The summed E-state index contributed by atoms with van der Waals surface area (Å²) >= 11 is 0. The van der Waals surface area contributed by atoms with Crippen molar-refractivity contribution in [3.63, 3.8) is 0 Å².